The van der Waals surface area contributed by atoms with Crippen LogP contribution in [0.3, 0.4) is 0 Å². The molecule has 2 aliphatic rings. The molecule has 4 heterocycles. The summed E-state index contributed by atoms with van der Waals surface area (Å²) in [6, 6.07) is 19.2. The molecule has 2 saturated heterocycles. The lowest BCUT2D eigenvalue weighted by Crippen LogP contribution is -2.51. The first-order valence-corrected chi connectivity index (χ1v) is 19.8. The third-order valence-electron chi connectivity index (χ3n) is 11.2. The first-order valence-electron chi connectivity index (χ1n) is 19.8. The molecule has 4 N–H and O–H groups in total. The van der Waals surface area contributed by atoms with Crippen molar-refractivity contribution in [3.8, 4) is 11.1 Å². The largest absolute Gasteiger partial charge is 0.453 e. The molecule has 14 nitrogen and oxygen atoms in total. The first-order chi connectivity index (χ1) is 27.4. The molecule has 0 bridgehead atoms. The molecule has 2 aliphatic heterocycles. The van der Waals surface area contributed by atoms with Crippen molar-refractivity contribution in [1.82, 2.24) is 40.4 Å². The fourth-order valence-electron chi connectivity index (χ4n) is 8.15. The Balaban J connectivity index is 1.03. The van der Waals surface area contributed by atoms with Crippen LogP contribution >= 0.6 is 0 Å². The molecule has 4 amide bonds. The lowest BCUT2D eigenvalue weighted by atomic mass is 10.00. The van der Waals surface area contributed by atoms with E-state index in [-0.39, 0.29) is 35.7 Å². The number of imidazole rings is 2. The van der Waals surface area contributed by atoms with Crippen molar-refractivity contribution >= 4 is 46.1 Å². The molecule has 4 unspecified atom stereocenters. The molecule has 4 atom stereocenters. The summed E-state index contributed by atoms with van der Waals surface area (Å²) in [4.78, 5) is 71.6. The number of fused-ring (bicyclic) bond motifs is 2. The number of hydrogen-bond acceptors (Lipinski definition) is 8. The van der Waals surface area contributed by atoms with E-state index in [0.717, 1.165) is 82.5 Å². The first kappa shape index (κ1) is 39.3. The molecule has 0 radical (unpaired) electrons. The van der Waals surface area contributed by atoms with Crippen molar-refractivity contribution in [2.75, 3.05) is 27.3 Å². The number of H-pyrrole nitrogens is 2. The zero-order valence-corrected chi connectivity index (χ0v) is 33.4. The lowest BCUT2D eigenvalue weighted by Gasteiger charge is -2.29. The van der Waals surface area contributed by atoms with Crippen LogP contribution in [0.4, 0.5) is 9.59 Å². The van der Waals surface area contributed by atoms with Gasteiger partial charge in [-0.15, -0.1) is 0 Å². The Labute approximate surface area is 332 Å². The molecule has 300 valence electrons. The van der Waals surface area contributed by atoms with Crippen LogP contribution in [0.25, 0.3) is 33.2 Å². The van der Waals surface area contributed by atoms with Gasteiger partial charge >= 0.3 is 12.2 Å². The van der Waals surface area contributed by atoms with E-state index in [0.29, 0.717) is 13.1 Å². The molecular weight excluding hydrogens is 725 g/mol. The van der Waals surface area contributed by atoms with Gasteiger partial charge < -0.3 is 39.9 Å². The predicted octanol–water partition coefficient (Wildman–Crippen LogP) is 6.79. The summed E-state index contributed by atoms with van der Waals surface area (Å²) >= 11 is 0. The Morgan fingerprint density at radius 2 is 1.12 bits per heavy atom. The van der Waals surface area contributed by atoms with Crippen LogP contribution in [-0.2, 0) is 25.5 Å². The van der Waals surface area contributed by atoms with E-state index in [1.54, 1.807) is 0 Å². The summed E-state index contributed by atoms with van der Waals surface area (Å²) in [7, 11) is 2.59. The Kier molecular flexibility index (Phi) is 11.5. The zero-order valence-electron chi connectivity index (χ0n) is 33.4. The van der Waals surface area contributed by atoms with Gasteiger partial charge in [-0.1, -0.05) is 64.1 Å². The minimum Gasteiger partial charge on any atom is -0.453 e. The number of alkyl carbamates (subject to hydrolysis) is 2. The van der Waals surface area contributed by atoms with Crippen LogP contribution in [0.1, 0.15) is 88.2 Å². The van der Waals surface area contributed by atoms with E-state index in [4.69, 9.17) is 19.4 Å². The van der Waals surface area contributed by atoms with Crippen LogP contribution in [0, 0.1) is 11.8 Å². The molecule has 5 aromatic rings. The maximum Gasteiger partial charge on any atom is 0.407 e. The Morgan fingerprint density at radius 3 is 1.61 bits per heavy atom. The van der Waals surface area contributed by atoms with E-state index in [1.807, 2.05) is 49.6 Å². The maximum atomic E-state index is 13.6. The zero-order chi connectivity index (χ0) is 40.4. The van der Waals surface area contributed by atoms with E-state index in [1.165, 1.54) is 19.8 Å². The van der Waals surface area contributed by atoms with Gasteiger partial charge in [0.05, 0.1) is 48.4 Å². The number of methoxy groups -OCH3 is 2. The summed E-state index contributed by atoms with van der Waals surface area (Å²) < 4.78 is 9.54. The molecule has 2 fully saturated rings. The number of nitrogens with zero attached hydrogens (tertiary/aromatic N) is 4. The number of nitrogens with one attached hydrogen (secondary N) is 4. The number of carbonyl (C=O) groups excluding carboxylic acids is 4. The highest BCUT2D eigenvalue weighted by Gasteiger charge is 2.39. The van der Waals surface area contributed by atoms with Gasteiger partial charge in [-0.25, -0.2) is 19.6 Å². The fourth-order valence-corrected chi connectivity index (χ4v) is 8.15. The van der Waals surface area contributed by atoms with Gasteiger partial charge in [0, 0.05) is 13.1 Å². The minimum absolute atomic E-state index is 0.102. The summed E-state index contributed by atoms with van der Waals surface area (Å²) in [5.74, 6) is 1.02. The van der Waals surface area contributed by atoms with E-state index in [2.05, 4.69) is 69.1 Å². The highest BCUT2D eigenvalue weighted by atomic mass is 16.5. The number of benzene rings is 3. The summed E-state index contributed by atoms with van der Waals surface area (Å²) in [5.41, 5.74) is 7.93. The van der Waals surface area contributed by atoms with Crippen molar-refractivity contribution in [3.05, 3.63) is 83.4 Å². The van der Waals surface area contributed by atoms with Gasteiger partial charge in [-0.3, -0.25) is 9.59 Å². The molecule has 14 heteroatoms. The smallest absolute Gasteiger partial charge is 0.407 e. The van der Waals surface area contributed by atoms with Crippen molar-refractivity contribution in [3.63, 3.8) is 0 Å². The van der Waals surface area contributed by atoms with Gasteiger partial charge in [0.1, 0.15) is 23.7 Å². The molecule has 2 aromatic heterocycles. The van der Waals surface area contributed by atoms with Crippen LogP contribution in [-0.4, -0.2) is 93.1 Å². The number of amides is 4. The molecular formula is C43H52N8O6. The quantitative estimate of drug-likeness (QED) is 0.114. The lowest BCUT2D eigenvalue weighted by molar-refractivity contribution is -0.136. The van der Waals surface area contributed by atoms with Crippen molar-refractivity contribution in [2.24, 2.45) is 11.8 Å². The third kappa shape index (κ3) is 8.30. The van der Waals surface area contributed by atoms with Crippen LogP contribution in [0.2, 0.25) is 0 Å². The molecule has 3 aromatic carbocycles. The highest BCUT2D eigenvalue weighted by Crippen LogP contribution is 2.35. The van der Waals surface area contributed by atoms with Crippen LogP contribution in [0.5, 0.6) is 0 Å². The molecule has 0 spiro atoms. The van der Waals surface area contributed by atoms with Crippen molar-refractivity contribution in [2.45, 2.75) is 84.0 Å². The second-order valence-electron chi connectivity index (χ2n) is 15.8. The monoisotopic (exact) mass is 776 g/mol. The molecule has 0 aliphatic carbocycles. The van der Waals surface area contributed by atoms with Gasteiger partial charge in [-0.05, 0) is 90.5 Å². The SMILES string of the molecule is COC(=O)NC(C(=O)N1CCCC1c1nc2ccc(Cc3ccc(-c4ccc5nc(C6CCCN6C(=O)C(NC(=O)OC)C(C)C)[nH]c5c4)cc3)cc2[nH]1)C(C)C. The second kappa shape index (κ2) is 16.7. The van der Waals surface area contributed by atoms with Gasteiger partial charge in [0.25, 0.3) is 0 Å². The van der Waals surface area contributed by atoms with E-state index >= 15 is 0 Å². The Morgan fingerprint density at radius 1 is 0.667 bits per heavy atom. The number of aromatic amines is 2. The number of rotatable bonds is 11. The van der Waals surface area contributed by atoms with Crippen LogP contribution < -0.4 is 10.6 Å². The standard InChI is InChI=1S/C43H52N8O6/c1-24(2)36(48-42(54)56-5)40(52)50-19-7-9-34(50)38-44-30-17-13-27(22-32(30)46-38)21-26-11-14-28(15-12-26)29-16-18-31-33(23-29)47-39(45-31)35-10-8-20-51(35)41(53)37(25(3)4)49-43(55)57-6/h11-18,22-25,34-37H,7-10,19-21H2,1-6H3,(H,44,46)(H,45,47)(H,48,54)(H,49,55). The average Bonchev–Trinajstić information content (AvgIpc) is 4.03. The van der Waals surface area contributed by atoms with E-state index < -0.39 is 24.3 Å². The third-order valence-corrected chi connectivity index (χ3v) is 11.2. The molecule has 57 heavy (non-hydrogen) atoms. The number of hydrogen-bond donors (Lipinski definition) is 4. The minimum atomic E-state index is -0.687. The van der Waals surface area contributed by atoms with Crippen molar-refractivity contribution in [1.29, 1.82) is 0 Å². The Hall–Kier alpha value is -5.92. The normalized spacial score (nSPS) is 18.0. The molecule has 0 saturated carbocycles. The maximum absolute atomic E-state index is 13.6. The second-order valence-corrected chi connectivity index (χ2v) is 15.8. The van der Waals surface area contributed by atoms with E-state index in [9.17, 15) is 19.2 Å². The predicted molar refractivity (Wildman–Crippen MR) is 216 cm³/mol. The van der Waals surface area contributed by atoms with Gasteiger partial charge in [-0.2, -0.15) is 0 Å². The number of ether oxygens (including phenoxy) is 2. The fraction of sp³-hybridized carbons (Fsp3) is 0.442. The topological polar surface area (TPSA) is 175 Å². The summed E-state index contributed by atoms with van der Waals surface area (Å²) in [5, 5.41) is 5.41. The number of aromatic nitrogens is 4. The van der Waals surface area contributed by atoms with Crippen LogP contribution in [0.15, 0.2) is 60.7 Å². The Bertz CT molecular complexity index is 2260. The highest BCUT2D eigenvalue weighted by molar-refractivity contribution is 5.88. The number of likely N-dealkylation sites (tertiary alicyclic amines) is 2. The van der Waals surface area contributed by atoms with Gasteiger partial charge in [0.2, 0.25) is 11.8 Å². The molecule has 7 rings (SSSR count). The summed E-state index contributed by atoms with van der Waals surface area (Å²) in [6.45, 7) is 8.83. The number of carbonyl (C=O) groups is 4. The van der Waals surface area contributed by atoms with Crippen molar-refractivity contribution < 1.29 is 28.7 Å². The van der Waals surface area contributed by atoms with Gasteiger partial charge in [0.15, 0.2) is 0 Å². The average molecular weight is 777 g/mol. The summed E-state index contributed by atoms with van der Waals surface area (Å²) in [6.07, 6.45) is 2.78.